The Labute approximate surface area is 151 Å². The van der Waals surface area contributed by atoms with Gasteiger partial charge in [-0.15, -0.1) is 0 Å². The van der Waals surface area contributed by atoms with E-state index in [1.54, 1.807) is 24.3 Å². The second kappa shape index (κ2) is 7.77. The van der Waals surface area contributed by atoms with E-state index in [1.165, 1.54) is 0 Å². The highest BCUT2D eigenvalue weighted by Crippen LogP contribution is 2.17. The van der Waals surface area contributed by atoms with Crippen LogP contribution in [0.2, 0.25) is 5.02 Å². The van der Waals surface area contributed by atoms with Crippen LogP contribution in [0.5, 0.6) is 0 Å². The van der Waals surface area contributed by atoms with Crippen molar-refractivity contribution in [3.05, 3.63) is 94.2 Å². The highest BCUT2D eigenvalue weighted by atomic mass is 35.5. The van der Waals surface area contributed by atoms with E-state index >= 15 is 0 Å². The smallest absolute Gasteiger partial charge is 0.363 e. The van der Waals surface area contributed by atoms with Crippen molar-refractivity contribution in [3.63, 3.8) is 0 Å². The minimum Gasteiger partial charge on any atom is -0.403 e. The van der Waals surface area contributed by atoms with Crippen LogP contribution in [0.3, 0.4) is 0 Å². The maximum atomic E-state index is 11.9. The van der Waals surface area contributed by atoms with E-state index in [4.69, 9.17) is 16.3 Å². The minimum atomic E-state index is -0.448. The van der Waals surface area contributed by atoms with Crippen LogP contribution in [0.4, 0.5) is 0 Å². The van der Waals surface area contributed by atoms with Gasteiger partial charge in [-0.3, -0.25) is 0 Å². The van der Waals surface area contributed by atoms with Gasteiger partial charge in [-0.1, -0.05) is 60.1 Å². The molecule has 0 bridgehead atoms. The topological polar surface area (TPSA) is 38.7 Å². The average molecular weight is 350 g/mol. The Morgan fingerprint density at radius 3 is 2.44 bits per heavy atom. The van der Waals surface area contributed by atoms with E-state index in [0.29, 0.717) is 10.7 Å². The molecule has 0 saturated heterocycles. The van der Waals surface area contributed by atoms with Crippen LogP contribution in [0.1, 0.15) is 18.1 Å². The maximum Gasteiger partial charge on any atom is 0.363 e. The van der Waals surface area contributed by atoms with Gasteiger partial charge in [0.2, 0.25) is 5.90 Å². The lowest BCUT2D eigenvalue weighted by atomic mass is 10.1. The summed E-state index contributed by atoms with van der Waals surface area (Å²) in [5, 5.41) is 0.674. The normalized spacial score (nSPS) is 16.4. The Morgan fingerprint density at radius 1 is 1.00 bits per heavy atom. The second-order valence-electron chi connectivity index (χ2n) is 5.55. The lowest BCUT2D eigenvalue weighted by molar-refractivity contribution is -0.129. The molecular weight excluding hydrogens is 334 g/mol. The first-order chi connectivity index (χ1) is 12.1. The molecule has 0 spiro atoms. The SMILES string of the molecule is CC(=Cc1ccccc1)C=C1N=C(C=Cc2ccc(Cl)cc2)OC1=O. The summed E-state index contributed by atoms with van der Waals surface area (Å²) in [6.45, 7) is 1.92. The number of halogens is 1. The molecule has 0 amide bonds. The van der Waals surface area contributed by atoms with Crippen molar-refractivity contribution in [2.24, 2.45) is 4.99 Å². The molecule has 3 rings (SSSR count). The molecule has 1 aliphatic heterocycles. The fourth-order valence-electron chi connectivity index (χ4n) is 2.31. The lowest BCUT2D eigenvalue weighted by Gasteiger charge is -1.95. The zero-order valence-corrected chi connectivity index (χ0v) is 14.4. The predicted molar refractivity (Wildman–Crippen MR) is 102 cm³/mol. The molecule has 0 aromatic heterocycles. The Kier molecular flexibility index (Phi) is 5.26. The third-order valence-corrected chi connectivity index (χ3v) is 3.74. The molecule has 0 saturated carbocycles. The molecule has 0 unspecified atom stereocenters. The first-order valence-electron chi connectivity index (χ1n) is 7.80. The van der Waals surface area contributed by atoms with Gasteiger partial charge in [0.1, 0.15) is 0 Å². The third kappa shape index (κ3) is 4.78. The summed E-state index contributed by atoms with van der Waals surface area (Å²) in [4.78, 5) is 16.2. The van der Waals surface area contributed by atoms with Crippen molar-refractivity contribution in [1.82, 2.24) is 0 Å². The van der Waals surface area contributed by atoms with Crippen molar-refractivity contribution in [2.75, 3.05) is 0 Å². The Bertz CT molecular complexity index is 891. The number of hydrogen-bond acceptors (Lipinski definition) is 3. The van der Waals surface area contributed by atoms with Crippen molar-refractivity contribution in [2.45, 2.75) is 6.92 Å². The summed E-state index contributed by atoms with van der Waals surface area (Å²) < 4.78 is 5.17. The lowest BCUT2D eigenvalue weighted by Crippen LogP contribution is -2.01. The largest absolute Gasteiger partial charge is 0.403 e. The van der Waals surface area contributed by atoms with Crippen molar-refractivity contribution >= 4 is 35.6 Å². The summed E-state index contributed by atoms with van der Waals surface area (Å²) >= 11 is 5.85. The van der Waals surface area contributed by atoms with Crippen LogP contribution in [-0.2, 0) is 9.53 Å². The number of hydrogen-bond donors (Lipinski definition) is 0. The molecule has 4 heteroatoms. The average Bonchev–Trinajstić information content (AvgIpc) is 2.95. The highest BCUT2D eigenvalue weighted by Gasteiger charge is 2.20. The number of ether oxygens (including phenoxy) is 1. The van der Waals surface area contributed by atoms with Gasteiger partial charge in [-0.25, -0.2) is 9.79 Å². The summed E-state index contributed by atoms with van der Waals surface area (Å²) in [5.74, 6) is -0.171. The van der Waals surface area contributed by atoms with Gasteiger partial charge in [0.15, 0.2) is 5.70 Å². The van der Waals surface area contributed by atoms with Crippen LogP contribution in [0, 0.1) is 0 Å². The molecule has 25 heavy (non-hydrogen) atoms. The van der Waals surface area contributed by atoms with Gasteiger partial charge in [-0.05, 0) is 47.9 Å². The number of carbonyl (C=O) groups excluding carboxylic acids is 1. The van der Waals surface area contributed by atoms with Crippen molar-refractivity contribution < 1.29 is 9.53 Å². The number of aliphatic imine (C=N–C) groups is 1. The molecule has 3 nitrogen and oxygen atoms in total. The number of benzene rings is 2. The molecule has 2 aromatic carbocycles. The molecule has 0 radical (unpaired) electrons. The van der Waals surface area contributed by atoms with Gasteiger partial charge in [-0.2, -0.15) is 0 Å². The first-order valence-corrected chi connectivity index (χ1v) is 8.17. The Morgan fingerprint density at radius 2 is 1.72 bits per heavy atom. The summed E-state index contributed by atoms with van der Waals surface area (Å²) in [7, 11) is 0. The summed E-state index contributed by atoms with van der Waals surface area (Å²) in [5.41, 5.74) is 3.22. The van der Waals surface area contributed by atoms with Gasteiger partial charge in [0, 0.05) is 11.1 Å². The van der Waals surface area contributed by atoms with Crippen LogP contribution in [0.25, 0.3) is 12.2 Å². The number of rotatable bonds is 4. The second-order valence-corrected chi connectivity index (χ2v) is 5.99. The monoisotopic (exact) mass is 349 g/mol. The van der Waals surface area contributed by atoms with Gasteiger partial charge >= 0.3 is 5.97 Å². The predicted octanol–water partition coefficient (Wildman–Crippen LogP) is 5.30. The molecule has 0 aliphatic carbocycles. The fourth-order valence-corrected chi connectivity index (χ4v) is 2.43. The molecule has 0 atom stereocenters. The van der Waals surface area contributed by atoms with E-state index in [-0.39, 0.29) is 5.90 Å². The standard InChI is InChI=1S/C21H16ClNO2/c1-15(13-17-5-3-2-4-6-17)14-19-21(24)25-20(23-19)12-9-16-7-10-18(22)11-8-16/h2-14H,1H3. The zero-order valence-electron chi connectivity index (χ0n) is 13.6. The van der Waals surface area contributed by atoms with Crippen molar-refractivity contribution in [3.8, 4) is 0 Å². The van der Waals surface area contributed by atoms with Crippen LogP contribution < -0.4 is 0 Å². The summed E-state index contributed by atoms with van der Waals surface area (Å²) in [6.07, 6.45) is 7.19. The number of nitrogens with zero attached hydrogens (tertiary/aromatic N) is 1. The van der Waals surface area contributed by atoms with Crippen LogP contribution in [0.15, 0.2) is 83.0 Å². The van der Waals surface area contributed by atoms with E-state index < -0.39 is 5.97 Å². The molecule has 1 aliphatic rings. The third-order valence-electron chi connectivity index (χ3n) is 3.48. The van der Waals surface area contributed by atoms with Crippen LogP contribution >= 0.6 is 11.6 Å². The number of carbonyl (C=O) groups is 1. The van der Waals surface area contributed by atoms with E-state index in [9.17, 15) is 4.79 Å². The molecule has 2 aromatic rings. The molecule has 1 heterocycles. The Balaban J connectivity index is 1.75. The maximum absolute atomic E-state index is 11.9. The van der Waals surface area contributed by atoms with E-state index in [2.05, 4.69) is 4.99 Å². The molecule has 0 fully saturated rings. The number of esters is 1. The van der Waals surface area contributed by atoms with E-state index in [0.717, 1.165) is 16.7 Å². The van der Waals surface area contributed by atoms with E-state index in [1.807, 2.05) is 61.5 Å². The van der Waals surface area contributed by atoms with Gasteiger partial charge in [0.25, 0.3) is 0 Å². The van der Waals surface area contributed by atoms with Crippen LogP contribution in [-0.4, -0.2) is 11.9 Å². The number of cyclic esters (lactones) is 1. The van der Waals surface area contributed by atoms with Gasteiger partial charge in [0.05, 0.1) is 0 Å². The number of allylic oxidation sites excluding steroid dienone is 2. The van der Waals surface area contributed by atoms with Crippen molar-refractivity contribution in [1.29, 1.82) is 0 Å². The molecule has 124 valence electrons. The highest BCUT2D eigenvalue weighted by molar-refractivity contribution is 6.30. The minimum absolute atomic E-state index is 0.277. The quantitative estimate of drug-likeness (QED) is 0.555. The molecular formula is C21H16ClNO2. The van der Waals surface area contributed by atoms with Gasteiger partial charge < -0.3 is 4.74 Å². The zero-order chi connectivity index (χ0) is 17.6. The molecule has 0 N–H and O–H groups in total. The fraction of sp³-hybridized carbons (Fsp3) is 0.0476. The first kappa shape index (κ1) is 16.9. The Hall–Kier alpha value is -2.91. The summed E-state index contributed by atoms with van der Waals surface area (Å²) in [6, 6.07) is 17.2.